The average molecular weight is 326 g/mol. The Hall–Kier alpha value is -2.79. The Bertz CT molecular complexity index is 773. The summed E-state index contributed by atoms with van der Waals surface area (Å²) in [6.45, 7) is 0. The van der Waals surface area contributed by atoms with Crippen molar-refractivity contribution in [3.8, 4) is 17.2 Å². The van der Waals surface area contributed by atoms with Crippen LogP contribution in [0.25, 0.3) is 10.9 Å². The van der Waals surface area contributed by atoms with E-state index in [9.17, 15) is 0 Å². The lowest BCUT2D eigenvalue weighted by atomic mass is 10.2. The first-order valence-corrected chi connectivity index (χ1v) is 7.50. The molecular weight excluding hydrogens is 304 g/mol. The van der Waals surface area contributed by atoms with E-state index >= 15 is 0 Å². The number of fused-ring (bicyclic) bond motifs is 1. The molecule has 0 spiro atoms. The number of benzene rings is 2. The molecule has 5 nitrogen and oxygen atoms in total. The minimum absolute atomic E-state index is 0.778. The predicted octanol–water partition coefficient (Wildman–Crippen LogP) is 4.34. The van der Waals surface area contributed by atoms with E-state index in [1.54, 1.807) is 27.5 Å². The van der Waals surface area contributed by atoms with Crippen LogP contribution in [-0.4, -0.2) is 33.4 Å². The zero-order valence-corrected chi connectivity index (χ0v) is 14.4. The quantitative estimate of drug-likeness (QED) is 0.773. The molecule has 1 heterocycles. The molecule has 0 unspecified atom stereocenters. The smallest absolute Gasteiger partial charge is 0.138 e. The van der Waals surface area contributed by atoms with Gasteiger partial charge < -0.3 is 19.5 Å². The molecule has 1 aromatic heterocycles. The molecule has 3 aromatic rings. The normalized spacial score (nSPS) is 9.83. The van der Waals surface area contributed by atoms with Crippen LogP contribution in [0, 0.1) is 0 Å². The zero-order chi connectivity index (χ0) is 17.4. The van der Waals surface area contributed by atoms with E-state index in [1.165, 1.54) is 0 Å². The minimum atomic E-state index is 0.778. The standard InChI is InChI=1S/C17H16N2O2.C2H6O/c1-18-12-3-5-13(6-4-12)21-17-9-10-19-16-11-14(20-2)7-8-15(16)17;1-3-2/h3-11,18H,1-2H3;1-2H3. The van der Waals surface area contributed by atoms with E-state index in [-0.39, 0.29) is 0 Å². The van der Waals surface area contributed by atoms with Crippen LogP contribution in [0.15, 0.2) is 54.7 Å². The number of nitrogens with zero attached hydrogens (tertiary/aromatic N) is 1. The Morgan fingerprint density at radius 1 is 0.875 bits per heavy atom. The van der Waals surface area contributed by atoms with Crippen molar-refractivity contribution in [2.24, 2.45) is 0 Å². The molecule has 0 fully saturated rings. The minimum Gasteiger partial charge on any atom is -0.497 e. The molecule has 1 N–H and O–H groups in total. The molecule has 3 rings (SSSR count). The highest BCUT2D eigenvalue weighted by molar-refractivity contribution is 5.86. The molecule has 24 heavy (non-hydrogen) atoms. The van der Waals surface area contributed by atoms with E-state index in [1.807, 2.05) is 55.6 Å². The molecule has 0 saturated carbocycles. The van der Waals surface area contributed by atoms with Gasteiger partial charge in [0.1, 0.15) is 17.2 Å². The summed E-state index contributed by atoms with van der Waals surface area (Å²) in [5, 5.41) is 4.04. The predicted molar refractivity (Wildman–Crippen MR) is 97.3 cm³/mol. The van der Waals surface area contributed by atoms with Gasteiger partial charge >= 0.3 is 0 Å². The van der Waals surface area contributed by atoms with Crippen molar-refractivity contribution in [1.29, 1.82) is 0 Å². The number of aromatic nitrogens is 1. The number of methoxy groups -OCH3 is 2. The van der Waals surface area contributed by atoms with Crippen molar-refractivity contribution in [2.75, 3.05) is 33.7 Å². The largest absolute Gasteiger partial charge is 0.497 e. The second-order valence-corrected chi connectivity index (χ2v) is 4.98. The molecule has 2 aromatic carbocycles. The van der Waals surface area contributed by atoms with Gasteiger partial charge in [-0.05, 0) is 42.5 Å². The van der Waals surface area contributed by atoms with E-state index in [2.05, 4.69) is 15.0 Å². The number of rotatable bonds is 4. The molecular formula is C19H22N2O3. The van der Waals surface area contributed by atoms with Gasteiger partial charge in [0.25, 0.3) is 0 Å². The molecule has 0 bridgehead atoms. The van der Waals surface area contributed by atoms with Gasteiger partial charge in [-0.2, -0.15) is 0 Å². The maximum absolute atomic E-state index is 5.96. The molecule has 0 aliphatic carbocycles. The average Bonchev–Trinajstić information content (AvgIpc) is 2.63. The Balaban J connectivity index is 0.000000647. The molecule has 0 aliphatic rings. The summed E-state index contributed by atoms with van der Waals surface area (Å²) < 4.78 is 15.4. The summed E-state index contributed by atoms with van der Waals surface area (Å²) in [6, 6.07) is 15.4. The number of nitrogens with one attached hydrogen (secondary N) is 1. The van der Waals surface area contributed by atoms with E-state index in [4.69, 9.17) is 9.47 Å². The maximum Gasteiger partial charge on any atom is 0.138 e. The number of hydrogen-bond acceptors (Lipinski definition) is 5. The Morgan fingerprint density at radius 2 is 1.54 bits per heavy atom. The van der Waals surface area contributed by atoms with Gasteiger partial charge in [-0.25, -0.2) is 0 Å². The number of anilines is 1. The second-order valence-electron chi connectivity index (χ2n) is 4.98. The fourth-order valence-electron chi connectivity index (χ4n) is 2.13. The first-order valence-electron chi connectivity index (χ1n) is 7.50. The topological polar surface area (TPSA) is 52.6 Å². The first kappa shape index (κ1) is 17.6. The molecule has 126 valence electrons. The first-order chi connectivity index (χ1) is 11.7. The molecule has 5 heteroatoms. The van der Waals surface area contributed by atoms with E-state index in [0.717, 1.165) is 33.8 Å². The maximum atomic E-state index is 5.96. The van der Waals surface area contributed by atoms with Gasteiger partial charge in [0, 0.05) is 44.6 Å². The Kier molecular flexibility index (Phi) is 6.40. The van der Waals surface area contributed by atoms with Crippen LogP contribution in [0.5, 0.6) is 17.2 Å². The van der Waals surface area contributed by atoms with Crippen molar-refractivity contribution < 1.29 is 14.2 Å². The van der Waals surface area contributed by atoms with E-state index in [0.29, 0.717) is 0 Å². The highest BCUT2D eigenvalue weighted by Crippen LogP contribution is 2.31. The number of pyridine rings is 1. The van der Waals surface area contributed by atoms with Gasteiger partial charge in [-0.1, -0.05) is 0 Å². The summed E-state index contributed by atoms with van der Waals surface area (Å²) in [7, 11) is 6.78. The van der Waals surface area contributed by atoms with Crippen molar-refractivity contribution >= 4 is 16.6 Å². The third-order valence-corrected chi connectivity index (χ3v) is 3.28. The number of hydrogen-bond donors (Lipinski definition) is 1. The van der Waals surface area contributed by atoms with Gasteiger partial charge in [0.05, 0.1) is 12.6 Å². The Labute approximate surface area is 142 Å². The van der Waals surface area contributed by atoms with Crippen LogP contribution >= 0.6 is 0 Å². The fourth-order valence-corrected chi connectivity index (χ4v) is 2.13. The fraction of sp³-hybridized carbons (Fsp3) is 0.211. The van der Waals surface area contributed by atoms with Gasteiger partial charge in [-0.15, -0.1) is 0 Å². The molecule has 0 atom stereocenters. The monoisotopic (exact) mass is 326 g/mol. The van der Waals surface area contributed by atoms with Crippen LogP contribution < -0.4 is 14.8 Å². The summed E-state index contributed by atoms with van der Waals surface area (Å²) >= 11 is 0. The third-order valence-electron chi connectivity index (χ3n) is 3.28. The molecule has 0 amide bonds. The highest BCUT2D eigenvalue weighted by Gasteiger charge is 2.05. The summed E-state index contributed by atoms with van der Waals surface area (Å²) in [4.78, 5) is 4.35. The lowest BCUT2D eigenvalue weighted by Gasteiger charge is -2.10. The molecule has 0 saturated heterocycles. The van der Waals surface area contributed by atoms with Crippen LogP contribution in [0.2, 0.25) is 0 Å². The van der Waals surface area contributed by atoms with Gasteiger partial charge in [0.15, 0.2) is 0 Å². The third kappa shape index (κ3) is 4.36. The molecule has 0 aliphatic heterocycles. The van der Waals surface area contributed by atoms with Crippen LogP contribution in [0.3, 0.4) is 0 Å². The Morgan fingerprint density at radius 3 is 2.17 bits per heavy atom. The van der Waals surface area contributed by atoms with Crippen molar-refractivity contribution in [1.82, 2.24) is 4.98 Å². The molecule has 0 radical (unpaired) electrons. The van der Waals surface area contributed by atoms with Crippen LogP contribution in [0.1, 0.15) is 0 Å². The van der Waals surface area contributed by atoms with Crippen molar-refractivity contribution in [3.05, 3.63) is 54.7 Å². The van der Waals surface area contributed by atoms with Crippen molar-refractivity contribution in [2.45, 2.75) is 0 Å². The van der Waals surface area contributed by atoms with Crippen molar-refractivity contribution in [3.63, 3.8) is 0 Å². The lowest BCUT2D eigenvalue weighted by molar-refractivity contribution is 0.277. The summed E-state index contributed by atoms with van der Waals surface area (Å²) in [5.74, 6) is 2.35. The SMILES string of the molecule is CNc1ccc(Oc2ccnc3cc(OC)ccc23)cc1.COC. The highest BCUT2D eigenvalue weighted by atomic mass is 16.5. The van der Waals surface area contributed by atoms with Gasteiger partial charge in [0.2, 0.25) is 0 Å². The van der Waals surface area contributed by atoms with Gasteiger partial charge in [-0.3, -0.25) is 4.98 Å². The zero-order valence-electron chi connectivity index (χ0n) is 14.4. The second kappa shape index (κ2) is 8.74. The van der Waals surface area contributed by atoms with E-state index < -0.39 is 0 Å². The lowest BCUT2D eigenvalue weighted by Crippen LogP contribution is -1.90. The van der Waals surface area contributed by atoms with Crippen LogP contribution in [0.4, 0.5) is 5.69 Å². The van der Waals surface area contributed by atoms with Crippen LogP contribution in [-0.2, 0) is 4.74 Å². The summed E-state index contributed by atoms with van der Waals surface area (Å²) in [5.41, 5.74) is 1.89. The summed E-state index contributed by atoms with van der Waals surface area (Å²) in [6.07, 6.45) is 1.74. The number of ether oxygens (including phenoxy) is 3.